The third-order valence-corrected chi connectivity index (χ3v) is 1.56. The van der Waals surface area contributed by atoms with E-state index < -0.39 is 11.7 Å². The zero-order chi connectivity index (χ0) is 9.78. The van der Waals surface area contributed by atoms with Gasteiger partial charge in [0.1, 0.15) is 5.60 Å². The fourth-order valence-corrected chi connectivity index (χ4v) is 0.602. The first-order chi connectivity index (χ1) is 5.35. The van der Waals surface area contributed by atoms with E-state index in [1.54, 1.807) is 20.8 Å². The highest BCUT2D eigenvalue weighted by atomic mass is 79.9. The first-order valence-corrected chi connectivity index (χ1v) is 4.46. The van der Waals surface area contributed by atoms with Gasteiger partial charge in [-0.15, -0.1) is 0 Å². The van der Waals surface area contributed by atoms with Gasteiger partial charge in [0.15, 0.2) is 5.11 Å². The van der Waals surface area contributed by atoms with E-state index in [-0.39, 0.29) is 5.11 Å². The summed E-state index contributed by atoms with van der Waals surface area (Å²) in [6.45, 7) is 5.32. The SMILES string of the molecule is CC(C)(C)OC(=O)NC(=S)NBr. The summed E-state index contributed by atoms with van der Waals surface area (Å²) < 4.78 is 7.33. The van der Waals surface area contributed by atoms with Gasteiger partial charge >= 0.3 is 6.09 Å². The maximum Gasteiger partial charge on any atom is 0.413 e. The van der Waals surface area contributed by atoms with E-state index in [4.69, 9.17) is 4.74 Å². The van der Waals surface area contributed by atoms with Crippen LogP contribution in [0, 0.1) is 0 Å². The highest BCUT2D eigenvalue weighted by molar-refractivity contribution is 9.08. The Bertz CT molecular complexity index is 190. The molecule has 6 heteroatoms. The van der Waals surface area contributed by atoms with E-state index in [9.17, 15) is 4.79 Å². The maximum atomic E-state index is 10.9. The first-order valence-electron chi connectivity index (χ1n) is 3.26. The highest BCUT2D eigenvalue weighted by Crippen LogP contribution is 2.06. The number of nitrogens with one attached hydrogen (secondary N) is 2. The molecule has 0 rings (SSSR count). The highest BCUT2D eigenvalue weighted by Gasteiger charge is 2.16. The van der Waals surface area contributed by atoms with Gasteiger partial charge in [-0.05, 0) is 33.0 Å². The van der Waals surface area contributed by atoms with Crippen LogP contribution in [0.2, 0.25) is 0 Å². The molecule has 0 aliphatic carbocycles. The Balaban J connectivity index is 3.83. The van der Waals surface area contributed by atoms with Gasteiger partial charge in [-0.25, -0.2) is 4.79 Å². The number of ether oxygens (including phenoxy) is 1. The van der Waals surface area contributed by atoms with Gasteiger partial charge in [0.05, 0.1) is 0 Å². The van der Waals surface area contributed by atoms with Crippen molar-refractivity contribution in [3.05, 3.63) is 0 Å². The largest absolute Gasteiger partial charge is 0.444 e. The van der Waals surface area contributed by atoms with Gasteiger partial charge in [-0.2, -0.15) is 0 Å². The van der Waals surface area contributed by atoms with Crippen molar-refractivity contribution < 1.29 is 9.53 Å². The molecule has 0 spiro atoms. The first kappa shape index (κ1) is 11.6. The van der Waals surface area contributed by atoms with E-state index in [2.05, 4.69) is 38.0 Å². The van der Waals surface area contributed by atoms with E-state index in [0.717, 1.165) is 0 Å². The molecule has 0 saturated carbocycles. The molecule has 0 unspecified atom stereocenters. The monoisotopic (exact) mass is 254 g/mol. The topological polar surface area (TPSA) is 50.4 Å². The van der Waals surface area contributed by atoms with Crippen molar-refractivity contribution in [2.75, 3.05) is 0 Å². The third-order valence-electron chi connectivity index (χ3n) is 0.700. The Morgan fingerprint density at radius 1 is 1.50 bits per heavy atom. The van der Waals surface area contributed by atoms with E-state index in [0.29, 0.717) is 0 Å². The minimum atomic E-state index is -0.570. The lowest BCUT2D eigenvalue weighted by atomic mass is 10.2. The maximum absolute atomic E-state index is 10.9. The van der Waals surface area contributed by atoms with Crippen molar-refractivity contribution >= 4 is 39.6 Å². The molecule has 0 aromatic carbocycles. The Labute approximate surface area is 85.4 Å². The molecule has 2 N–H and O–H groups in total. The number of hydrogen-bond acceptors (Lipinski definition) is 3. The fourth-order valence-electron chi connectivity index (χ4n) is 0.420. The minimum Gasteiger partial charge on any atom is -0.444 e. The van der Waals surface area contributed by atoms with Crippen LogP contribution in [0.25, 0.3) is 0 Å². The van der Waals surface area contributed by atoms with Crippen LogP contribution < -0.4 is 9.66 Å². The average Bonchev–Trinajstić information content (AvgIpc) is 1.82. The molecular weight excluding hydrogens is 244 g/mol. The number of carbonyl (C=O) groups is 1. The Morgan fingerprint density at radius 2 is 2.00 bits per heavy atom. The zero-order valence-corrected chi connectivity index (χ0v) is 9.51. The minimum absolute atomic E-state index is 0.171. The lowest BCUT2D eigenvalue weighted by Gasteiger charge is -2.19. The summed E-state index contributed by atoms with van der Waals surface area (Å²) in [6, 6.07) is 0. The van der Waals surface area contributed by atoms with Crippen LogP contribution in [0.3, 0.4) is 0 Å². The van der Waals surface area contributed by atoms with Crippen LogP contribution in [-0.4, -0.2) is 16.8 Å². The molecule has 1 amide bonds. The van der Waals surface area contributed by atoms with Gasteiger partial charge in [0, 0.05) is 16.1 Å². The second-order valence-electron chi connectivity index (χ2n) is 3.05. The summed E-state index contributed by atoms with van der Waals surface area (Å²) in [7, 11) is 0. The summed E-state index contributed by atoms with van der Waals surface area (Å²) in [4.78, 5) is 10.9. The van der Waals surface area contributed by atoms with Crippen molar-refractivity contribution in [2.45, 2.75) is 26.4 Å². The van der Waals surface area contributed by atoms with Crippen LogP contribution in [-0.2, 0) is 4.74 Å². The number of amides is 1. The van der Waals surface area contributed by atoms with Crippen molar-refractivity contribution in [3.63, 3.8) is 0 Å². The Kier molecular flexibility index (Phi) is 4.47. The quantitative estimate of drug-likeness (QED) is 0.511. The van der Waals surface area contributed by atoms with Crippen LogP contribution in [0.15, 0.2) is 0 Å². The Hall–Kier alpha value is -0.360. The second kappa shape index (κ2) is 4.61. The van der Waals surface area contributed by atoms with Crippen molar-refractivity contribution in [1.82, 2.24) is 9.66 Å². The molecule has 70 valence electrons. The molecule has 0 aliphatic rings. The molecule has 0 aromatic rings. The molecule has 0 heterocycles. The van der Waals surface area contributed by atoms with E-state index in [1.807, 2.05) is 0 Å². The van der Waals surface area contributed by atoms with Crippen molar-refractivity contribution in [3.8, 4) is 0 Å². The smallest absolute Gasteiger partial charge is 0.413 e. The fraction of sp³-hybridized carbons (Fsp3) is 0.667. The third kappa shape index (κ3) is 6.36. The van der Waals surface area contributed by atoms with Gasteiger partial charge < -0.3 is 4.74 Å². The molecule has 0 atom stereocenters. The number of alkyl carbamates (subject to hydrolysis) is 1. The molecule has 0 aromatic heterocycles. The van der Waals surface area contributed by atoms with Crippen LogP contribution in [0.1, 0.15) is 20.8 Å². The lowest BCUT2D eigenvalue weighted by molar-refractivity contribution is 0.0563. The molecule has 0 bridgehead atoms. The number of halogens is 1. The molecular formula is C6H11BrN2O2S. The van der Waals surface area contributed by atoms with Gasteiger partial charge in [-0.3, -0.25) is 9.66 Å². The molecule has 12 heavy (non-hydrogen) atoms. The lowest BCUT2D eigenvalue weighted by Crippen LogP contribution is -2.39. The van der Waals surface area contributed by atoms with Crippen LogP contribution in [0.4, 0.5) is 4.79 Å². The number of hydrogen-bond donors (Lipinski definition) is 2. The van der Waals surface area contributed by atoms with E-state index in [1.165, 1.54) is 0 Å². The standard InChI is InChI=1S/C6H11BrN2O2S/c1-6(2,3)11-5(10)8-4(12)9-7/h1-3H3,(H2,8,9,10,12). The molecule has 0 aliphatic heterocycles. The van der Waals surface area contributed by atoms with Gasteiger partial charge in [0.25, 0.3) is 0 Å². The molecule has 4 nitrogen and oxygen atoms in total. The van der Waals surface area contributed by atoms with E-state index >= 15 is 0 Å². The van der Waals surface area contributed by atoms with Gasteiger partial charge in [0.2, 0.25) is 0 Å². The Morgan fingerprint density at radius 3 is 2.33 bits per heavy atom. The summed E-state index contributed by atoms with van der Waals surface area (Å²) >= 11 is 7.51. The normalized spacial score (nSPS) is 10.3. The van der Waals surface area contributed by atoms with Crippen LogP contribution >= 0.6 is 28.4 Å². The van der Waals surface area contributed by atoms with Crippen molar-refractivity contribution in [1.29, 1.82) is 0 Å². The van der Waals surface area contributed by atoms with Gasteiger partial charge in [-0.1, -0.05) is 0 Å². The number of thiocarbonyl (C=S) groups is 1. The zero-order valence-electron chi connectivity index (χ0n) is 7.10. The molecule has 0 fully saturated rings. The summed E-state index contributed by atoms with van der Waals surface area (Å²) in [5.41, 5.74) is -0.508. The molecule has 0 radical (unpaired) electrons. The predicted molar refractivity (Wildman–Crippen MR) is 54.0 cm³/mol. The summed E-state index contributed by atoms with van der Waals surface area (Å²) in [5.74, 6) is 0. The average molecular weight is 255 g/mol. The predicted octanol–water partition coefficient (Wildman–Crippen LogP) is 1.70. The summed E-state index contributed by atoms with van der Waals surface area (Å²) in [5, 5.41) is 2.47. The second-order valence-corrected chi connectivity index (χ2v) is 3.86. The number of rotatable bonds is 0. The van der Waals surface area contributed by atoms with Crippen LogP contribution in [0.5, 0.6) is 0 Å². The van der Waals surface area contributed by atoms with Crippen molar-refractivity contribution in [2.24, 2.45) is 0 Å². The number of carbonyl (C=O) groups excluding carboxylic acids is 1. The molecule has 0 saturated heterocycles. The summed E-state index contributed by atoms with van der Waals surface area (Å²) in [6.07, 6.45) is -0.570.